The van der Waals surface area contributed by atoms with Crippen molar-refractivity contribution in [3.8, 4) is 11.5 Å². The molecule has 2 atom stereocenters. The van der Waals surface area contributed by atoms with Crippen molar-refractivity contribution in [2.24, 2.45) is 0 Å². The van der Waals surface area contributed by atoms with Crippen LogP contribution in [0.1, 0.15) is 25.5 Å². The highest BCUT2D eigenvalue weighted by atomic mass is 35.5. The average Bonchev–Trinajstić information content (AvgIpc) is 2.62. The lowest BCUT2D eigenvalue weighted by Crippen LogP contribution is -2.27. The number of benzene rings is 2. The molecule has 0 aliphatic rings. The van der Waals surface area contributed by atoms with Gasteiger partial charge in [-0.05, 0) is 38.6 Å². The van der Waals surface area contributed by atoms with Crippen LogP contribution in [0.2, 0.25) is 5.02 Å². The number of ether oxygens (including phenoxy) is 3. The minimum Gasteiger partial charge on any atom is -0.490 e. The molecule has 25 heavy (non-hydrogen) atoms. The molecule has 0 aliphatic heterocycles. The van der Waals surface area contributed by atoms with Gasteiger partial charge in [-0.2, -0.15) is 0 Å². The first kappa shape index (κ1) is 19.6. The summed E-state index contributed by atoms with van der Waals surface area (Å²) < 4.78 is 17.9. The maximum atomic E-state index is 6.30. The Morgan fingerprint density at radius 2 is 1.84 bits per heavy atom. The fourth-order valence-electron chi connectivity index (χ4n) is 2.50. The van der Waals surface area contributed by atoms with Crippen LogP contribution in [0.3, 0.4) is 0 Å². The van der Waals surface area contributed by atoms with Crippen molar-refractivity contribution in [3.05, 3.63) is 59.1 Å². The fourth-order valence-corrected chi connectivity index (χ4v) is 2.66. The zero-order chi connectivity index (χ0) is 18.1. The number of rotatable bonds is 10. The van der Waals surface area contributed by atoms with Crippen LogP contribution in [0, 0.1) is 0 Å². The highest BCUT2D eigenvalue weighted by Gasteiger charge is 2.23. The SMILES string of the molecule is CCOc1cc(Cl)ccc1OC(c1ccccc1)C(C)OCCNC. The summed E-state index contributed by atoms with van der Waals surface area (Å²) in [6.07, 6.45) is -0.376. The number of halogens is 1. The van der Waals surface area contributed by atoms with Crippen molar-refractivity contribution >= 4 is 11.6 Å². The molecule has 0 heterocycles. The molecule has 0 aliphatic carbocycles. The van der Waals surface area contributed by atoms with Crippen molar-refractivity contribution in [3.63, 3.8) is 0 Å². The van der Waals surface area contributed by atoms with E-state index in [1.54, 1.807) is 12.1 Å². The smallest absolute Gasteiger partial charge is 0.162 e. The van der Waals surface area contributed by atoms with Gasteiger partial charge in [0.25, 0.3) is 0 Å². The lowest BCUT2D eigenvalue weighted by Gasteiger charge is -2.27. The molecular formula is C20H26ClNO3. The van der Waals surface area contributed by atoms with E-state index in [1.165, 1.54) is 0 Å². The largest absolute Gasteiger partial charge is 0.490 e. The van der Waals surface area contributed by atoms with Crippen LogP contribution in [0.15, 0.2) is 48.5 Å². The second kappa shape index (κ2) is 10.3. The predicted molar refractivity (Wildman–Crippen MR) is 102 cm³/mol. The average molecular weight is 364 g/mol. The van der Waals surface area contributed by atoms with Crippen LogP contribution < -0.4 is 14.8 Å². The number of hydrogen-bond acceptors (Lipinski definition) is 4. The second-order valence-electron chi connectivity index (χ2n) is 5.65. The van der Waals surface area contributed by atoms with E-state index in [0.717, 1.165) is 12.1 Å². The van der Waals surface area contributed by atoms with Crippen molar-refractivity contribution in [2.75, 3.05) is 26.8 Å². The quantitative estimate of drug-likeness (QED) is 0.631. The Bertz CT molecular complexity index is 636. The maximum Gasteiger partial charge on any atom is 0.162 e. The molecule has 0 fully saturated rings. The Balaban J connectivity index is 2.24. The lowest BCUT2D eigenvalue weighted by molar-refractivity contribution is -0.0152. The molecule has 0 aromatic heterocycles. The van der Waals surface area contributed by atoms with Crippen LogP contribution in [-0.4, -0.2) is 32.9 Å². The highest BCUT2D eigenvalue weighted by molar-refractivity contribution is 6.30. The van der Waals surface area contributed by atoms with Crippen LogP contribution in [0.4, 0.5) is 0 Å². The van der Waals surface area contributed by atoms with Crippen molar-refractivity contribution < 1.29 is 14.2 Å². The van der Waals surface area contributed by atoms with E-state index in [0.29, 0.717) is 29.7 Å². The highest BCUT2D eigenvalue weighted by Crippen LogP contribution is 2.35. The fraction of sp³-hybridized carbons (Fsp3) is 0.400. The van der Waals surface area contributed by atoms with Crippen LogP contribution in [0.5, 0.6) is 11.5 Å². The molecule has 0 bridgehead atoms. The van der Waals surface area contributed by atoms with Gasteiger partial charge in [0.05, 0.1) is 19.3 Å². The minimum atomic E-state index is -0.251. The molecule has 0 saturated heterocycles. The van der Waals surface area contributed by atoms with E-state index < -0.39 is 0 Å². The molecule has 5 heteroatoms. The van der Waals surface area contributed by atoms with Gasteiger partial charge in [-0.15, -0.1) is 0 Å². The van der Waals surface area contributed by atoms with Crippen molar-refractivity contribution in [1.82, 2.24) is 5.32 Å². The first-order valence-corrected chi connectivity index (χ1v) is 8.93. The lowest BCUT2D eigenvalue weighted by atomic mass is 10.1. The summed E-state index contributed by atoms with van der Waals surface area (Å²) in [5, 5.41) is 3.70. The molecule has 0 saturated carbocycles. The standard InChI is InChI=1S/C20H26ClNO3/c1-4-23-19-14-17(21)10-11-18(19)25-20(15(2)24-13-12-22-3)16-8-6-5-7-9-16/h5-11,14-15,20,22H,4,12-13H2,1-3H3. The minimum absolute atomic E-state index is 0.124. The Kier molecular flexibility index (Phi) is 8.06. The summed E-state index contributed by atoms with van der Waals surface area (Å²) in [5.41, 5.74) is 1.05. The number of nitrogens with one attached hydrogen (secondary N) is 1. The van der Waals surface area contributed by atoms with Crippen LogP contribution >= 0.6 is 11.6 Å². The molecule has 2 rings (SSSR count). The zero-order valence-electron chi connectivity index (χ0n) is 15.0. The third-order valence-electron chi connectivity index (χ3n) is 3.75. The van der Waals surface area contributed by atoms with Crippen molar-refractivity contribution in [1.29, 1.82) is 0 Å². The molecule has 0 spiro atoms. The molecule has 4 nitrogen and oxygen atoms in total. The Labute approximate surface area is 155 Å². The molecular weight excluding hydrogens is 338 g/mol. The second-order valence-corrected chi connectivity index (χ2v) is 6.09. The zero-order valence-corrected chi connectivity index (χ0v) is 15.8. The summed E-state index contributed by atoms with van der Waals surface area (Å²) in [6, 6.07) is 15.5. The van der Waals surface area contributed by atoms with Gasteiger partial charge >= 0.3 is 0 Å². The Morgan fingerprint density at radius 3 is 2.52 bits per heavy atom. The summed E-state index contributed by atoms with van der Waals surface area (Å²) >= 11 is 6.09. The molecule has 2 unspecified atom stereocenters. The van der Waals surface area contributed by atoms with E-state index in [2.05, 4.69) is 5.32 Å². The van der Waals surface area contributed by atoms with Gasteiger partial charge in [0, 0.05) is 17.6 Å². The first-order chi connectivity index (χ1) is 12.2. The summed E-state index contributed by atoms with van der Waals surface area (Å²) in [4.78, 5) is 0. The normalized spacial score (nSPS) is 13.3. The van der Waals surface area contributed by atoms with E-state index in [9.17, 15) is 0 Å². The third kappa shape index (κ3) is 5.92. The van der Waals surface area contributed by atoms with E-state index in [-0.39, 0.29) is 12.2 Å². The maximum absolute atomic E-state index is 6.30. The summed E-state index contributed by atoms with van der Waals surface area (Å²) in [6.45, 7) is 5.90. The van der Waals surface area contributed by atoms with Gasteiger partial charge in [0.15, 0.2) is 11.5 Å². The van der Waals surface area contributed by atoms with Crippen molar-refractivity contribution in [2.45, 2.75) is 26.1 Å². The van der Waals surface area contributed by atoms with E-state index >= 15 is 0 Å². The predicted octanol–water partition coefficient (Wildman–Crippen LogP) is 4.48. The van der Waals surface area contributed by atoms with Gasteiger partial charge in [-0.1, -0.05) is 41.9 Å². The van der Waals surface area contributed by atoms with Gasteiger partial charge in [0.1, 0.15) is 6.10 Å². The topological polar surface area (TPSA) is 39.7 Å². The van der Waals surface area contributed by atoms with Gasteiger partial charge in [0.2, 0.25) is 0 Å². The number of hydrogen-bond donors (Lipinski definition) is 1. The first-order valence-electron chi connectivity index (χ1n) is 8.55. The Morgan fingerprint density at radius 1 is 1.08 bits per heavy atom. The summed E-state index contributed by atoms with van der Waals surface area (Å²) in [5.74, 6) is 1.29. The Hall–Kier alpha value is -1.75. The molecule has 2 aromatic rings. The summed E-state index contributed by atoms with van der Waals surface area (Å²) in [7, 11) is 1.90. The molecule has 0 radical (unpaired) electrons. The molecule has 1 N–H and O–H groups in total. The van der Waals surface area contributed by atoms with E-state index in [1.807, 2.05) is 57.3 Å². The molecule has 136 valence electrons. The monoisotopic (exact) mass is 363 g/mol. The van der Waals surface area contributed by atoms with Gasteiger partial charge < -0.3 is 19.5 Å². The molecule has 2 aromatic carbocycles. The van der Waals surface area contributed by atoms with Crippen LogP contribution in [-0.2, 0) is 4.74 Å². The van der Waals surface area contributed by atoms with Crippen LogP contribution in [0.25, 0.3) is 0 Å². The van der Waals surface area contributed by atoms with Gasteiger partial charge in [-0.25, -0.2) is 0 Å². The number of likely N-dealkylation sites (N-methyl/N-ethyl adjacent to an activating group) is 1. The molecule has 0 amide bonds. The van der Waals surface area contributed by atoms with Gasteiger partial charge in [-0.3, -0.25) is 0 Å². The third-order valence-corrected chi connectivity index (χ3v) is 3.98. The van der Waals surface area contributed by atoms with E-state index in [4.69, 9.17) is 25.8 Å².